The highest BCUT2D eigenvalue weighted by molar-refractivity contribution is 5.92. The summed E-state index contributed by atoms with van der Waals surface area (Å²) in [6, 6.07) is 23.6. The lowest BCUT2D eigenvalue weighted by Crippen LogP contribution is -2.44. The van der Waals surface area contributed by atoms with Crippen molar-refractivity contribution in [3.8, 4) is 11.5 Å². The largest absolute Gasteiger partial charge is 0.494 e. The maximum absolute atomic E-state index is 12.7. The van der Waals surface area contributed by atoms with Crippen LogP contribution in [0.1, 0.15) is 42.9 Å². The van der Waals surface area contributed by atoms with Crippen LogP contribution in [-0.4, -0.2) is 53.5 Å². The maximum atomic E-state index is 12.7. The zero-order valence-corrected chi connectivity index (χ0v) is 23.9. The number of benzene rings is 3. The first-order valence-electron chi connectivity index (χ1n) is 14.4. The highest BCUT2D eigenvalue weighted by Crippen LogP contribution is 2.22. The Hall–Kier alpha value is -4.59. The molecule has 1 heterocycles. The van der Waals surface area contributed by atoms with Crippen molar-refractivity contribution in [1.29, 1.82) is 0 Å². The molecule has 1 aliphatic rings. The molecule has 42 heavy (non-hydrogen) atoms. The number of nitrogens with zero attached hydrogens (tertiary/aromatic N) is 1. The lowest BCUT2D eigenvalue weighted by atomic mass is 9.93. The molecule has 0 aromatic heterocycles. The number of nitrogens with one attached hydrogen (secondary N) is 1. The number of carbonyl (C=O) groups is 3. The van der Waals surface area contributed by atoms with Gasteiger partial charge in [0.1, 0.15) is 24.1 Å². The molecule has 1 fully saturated rings. The highest BCUT2D eigenvalue weighted by atomic mass is 16.5. The summed E-state index contributed by atoms with van der Waals surface area (Å²) in [6.07, 6.45) is 5.15. The lowest BCUT2D eigenvalue weighted by molar-refractivity contribution is -0.142. The van der Waals surface area contributed by atoms with E-state index in [0.717, 1.165) is 22.4 Å². The Balaban J connectivity index is 1.19. The van der Waals surface area contributed by atoms with E-state index in [1.165, 1.54) is 0 Å². The highest BCUT2D eigenvalue weighted by Gasteiger charge is 2.26. The van der Waals surface area contributed by atoms with Crippen LogP contribution < -0.4 is 14.8 Å². The normalized spacial score (nSPS) is 14.4. The van der Waals surface area contributed by atoms with Crippen molar-refractivity contribution in [2.45, 2.75) is 45.3 Å². The van der Waals surface area contributed by atoms with Gasteiger partial charge in [-0.25, -0.2) is 4.79 Å². The third kappa shape index (κ3) is 9.51. The van der Waals surface area contributed by atoms with Crippen molar-refractivity contribution in [2.24, 2.45) is 5.92 Å². The second-order valence-corrected chi connectivity index (χ2v) is 10.4. The molecule has 3 aromatic rings. The van der Waals surface area contributed by atoms with E-state index < -0.39 is 12.0 Å². The first-order valence-corrected chi connectivity index (χ1v) is 14.4. The van der Waals surface area contributed by atoms with Gasteiger partial charge in [0.05, 0.1) is 6.61 Å². The van der Waals surface area contributed by atoms with E-state index in [0.29, 0.717) is 44.9 Å². The number of hydrogen-bond donors (Lipinski definition) is 2. The third-order valence-corrected chi connectivity index (χ3v) is 7.25. The SMILES string of the molecule is CCOc1ccc(/C=C/C(=O)N2CCC(CC(=O)N[C@@H](Cc3ccc(OCc4ccccc4)cc3)C(=O)O)CC2)cc1. The Labute approximate surface area is 247 Å². The number of carbonyl (C=O) groups excluding carboxylic acids is 2. The molecule has 220 valence electrons. The molecule has 0 radical (unpaired) electrons. The lowest BCUT2D eigenvalue weighted by Gasteiger charge is -2.31. The molecule has 0 saturated carbocycles. The van der Waals surface area contributed by atoms with E-state index in [2.05, 4.69) is 5.32 Å². The van der Waals surface area contributed by atoms with Crippen LogP contribution in [0, 0.1) is 5.92 Å². The number of likely N-dealkylation sites (tertiary alicyclic amines) is 1. The number of aliphatic carboxylic acids is 1. The summed E-state index contributed by atoms with van der Waals surface area (Å²) in [5.41, 5.74) is 2.77. The topological polar surface area (TPSA) is 105 Å². The second kappa shape index (κ2) is 15.4. The van der Waals surface area contributed by atoms with Gasteiger partial charge >= 0.3 is 5.97 Å². The van der Waals surface area contributed by atoms with E-state index in [9.17, 15) is 19.5 Å². The van der Waals surface area contributed by atoms with Gasteiger partial charge in [-0.2, -0.15) is 0 Å². The molecule has 0 bridgehead atoms. The zero-order chi connectivity index (χ0) is 29.7. The third-order valence-electron chi connectivity index (χ3n) is 7.25. The van der Waals surface area contributed by atoms with Gasteiger partial charge in [0.2, 0.25) is 11.8 Å². The number of hydrogen-bond acceptors (Lipinski definition) is 5. The predicted molar refractivity (Wildman–Crippen MR) is 161 cm³/mol. The number of ether oxygens (including phenoxy) is 2. The van der Waals surface area contributed by atoms with Gasteiger partial charge in [0, 0.05) is 32.0 Å². The van der Waals surface area contributed by atoms with Crippen molar-refractivity contribution < 1.29 is 29.0 Å². The summed E-state index contributed by atoms with van der Waals surface area (Å²) in [7, 11) is 0. The predicted octanol–water partition coefficient (Wildman–Crippen LogP) is 5.12. The molecule has 1 atom stereocenters. The number of rotatable bonds is 13. The summed E-state index contributed by atoms with van der Waals surface area (Å²) in [4.78, 5) is 39.1. The number of amides is 2. The molecular weight excluding hydrogens is 532 g/mol. The van der Waals surface area contributed by atoms with Gasteiger partial charge in [-0.15, -0.1) is 0 Å². The molecule has 1 saturated heterocycles. The van der Waals surface area contributed by atoms with Crippen molar-refractivity contribution in [1.82, 2.24) is 10.2 Å². The standard InChI is InChI=1S/C34H38N2O6/c1-2-41-29-13-8-25(9-14-29)12-17-33(38)36-20-18-27(19-21-36)23-32(37)35-31(34(39)40)22-26-10-15-30(16-11-26)42-24-28-6-4-3-5-7-28/h3-17,27,31H,2,18-24H2,1H3,(H,35,37)(H,39,40)/b17-12+/t31-/m0/s1. The zero-order valence-electron chi connectivity index (χ0n) is 23.9. The Morgan fingerprint density at radius 2 is 1.55 bits per heavy atom. The average Bonchev–Trinajstić information content (AvgIpc) is 3.01. The monoisotopic (exact) mass is 570 g/mol. The van der Waals surface area contributed by atoms with E-state index >= 15 is 0 Å². The van der Waals surface area contributed by atoms with Crippen LogP contribution in [0.2, 0.25) is 0 Å². The number of piperidine rings is 1. The molecule has 2 amide bonds. The molecule has 1 aliphatic heterocycles. The van der Waals surface area contributed by atoms with E-state index in [-0.39, 0.29) is 30.6 Å². The first-order chi connectivity index (χ1) is 20.4. The van der Waals surface area contributed by atoms with Crippen LogP contribution >= 0.6 is 0 Å². The van der Waals surface area contributed by atoms with Crippen molar-refractivity contribution in [3.63, 3.8) is 0 Å². The second-order valence-electron chi connectivity index (χ2n) is 10.4. The van der Waals surface area contributed by atoms with Crippen LogP contribution in [0.25, 0.3) is 6.08 Å². The fraction of sp³-hybridized carbons (Fsp3) is 0.324. The average molecular weight is 571 g/mol. The Morgan fingerprint density at radius 3 is 2.19 bits per heavy atom. The first kappa shape index (κ1) is 30.4. The minimum Gasteiger partial charge on any atom is -0.494 e. The van der Waals surface area contributed by atoms with Crippen molar-refractivity contribution in [2.75, 3.05) is 19.7 Å². The Kier molecular flexibility index (Phi) is 11.2. The molecule has 2 N–H and O–H groups in total. The molecule has 8 heteroatoms. The van der Waals surface area contributed by atoms with Crippen LogP contribution in [0.3, 0.4) is 0 Å². The molecule has 0 aliphatic carbocycles. The smallest absolute Gasteiger partial charge is 0.326 e. The minimum atomic E-state index is -1.08. The maximum Gasteiger partial charge on any atom is 0.326 e. The Bertz CT molecular complexity index is 1330. The summed E-state index contributed by atoms with van der Waals surface area (Å²) in [6.45, 7) is 4.10. The number of carboxylic acid groups (broad SMARTS) is 1. The molecule has 0 unspecified atom stereocenters. The van der Waals surface area contributed by atoms with E-state index in [4.69, 9.17) is 9.47 Å². The quantitative estimate of drug-likeness (QED) is 0.277. The van der Waals surface area contributed by atoms with Crippen LogP contribution in [0.15, 0.2) is 84.9 Å². The fourth-order valence-corrected chi connectivity index (χ4v) is 4.89. The van der Waals surface area contributed by atoms with Gasteiger partial charge in [0.25, 0.3) is 0 Å². The molecule has 0 spiro atoms. The van der Waals surface area contributed by atoms with Gasteiger partial charge in [0.15, 0.2) is 0 Å². The Morgan fingerprint density at radius 1 is 0.905 bits per heavy atom. The summed E-state index contributed by atoms with van der Waals surface area (Å²) < 4.78 is 11.2. The fourth-order valence-electron chi connectivity index (χ4n) is 4.89. The molecule has 8 nitrogen and oxygen atoms in total. The van der Waals surface area contributed by atoms with Crippen molar-refractivity contribution in [3.05, 3.63) is 102 Å². The van der Waals surface area contributed by atoms with E-state index in [1.807, 2.05) is 73.7 Å². The van der Waals surface area contributed by atoms with Gasteiger partial charge in [-0.05, 0) is 72.7 Å². The van der Waals surface area contributed by atoms with Crippen molar-refractivity contribution >= 4 is 23.9 Å². The summed E-state index contributed by atoms with van der Waals surface area (Å²) in [5.74, 6) is 0.155. The van der Waals surface area contributed by atoms with Gasteiger partial charge in [-0.1, -0.05) is 54.6 Å². The van der Waals surface area contributed by atoms with Gasteiger partial charge < -0.3 is 24.8 Å². The number of carboxylic acids is 1. The van der Waals surface area contributed by atoms with Crippen LogP contribution in [-0.2, 0) is 27.4 Å². The van der Waals surface area contributed by atoms with Crippen LogP contribution in [0.4, 0.5) is 0 Å². The van der Waals surface area contributed by atoms with Gasteiger partial charge in [-0.3, -0.25) is 9.59 Å². The summed E-state index contributed by atoms with van der Waals surface area (Å²) in [5, 5.41) is 12.4. The summed E-state index contributed by atoms with van der Waals surface area (Å²) >= 11 is 0. The van der Waals surface area contributed by atoms with Crippen LogP contribution in [0.5, 0.6) is 11.5 Å². The molecular formula is C34H38N2O6. The minimum absolute atomic E-state index is 0.0609. The molecule has 3 aromatic carbocycles. The molecule has 4 rings (SSSR count). The van der Waals surface area contributed by atoms with E-state index in [1.54, 1.807) is 29.2 Å².